The molecule has 150 valence electrons. The number of hydrogen-bond acceptors (Lipinski definition) is 5. The number of fused-ring (bicyclic) bond motifs is 1. The molecule has 2 aromatic rings. The Labute approximate surface area is 165 Å². The van der Waals surface area contributed by atoms with E-state index >= 15 is 0 Å². The van der Waals surface area contributed by atoms with E-state index in [0.29, 0.717) is 11.4 Å². The number of para-hydroxylation sites is 2. The summed E-state index contributed by atoms with van der Waals surface area (Å²) in [5.74, 6) is 0.685. The van der Waals surface area contributed by atoms with Gasteiger partial charge in [-0.15, -0.1) is 0 Å². The monoisotopic (exact) mass is 404 g/mol. The van der Waals surface area contributed by atoms with Crippen LogP contribution >= 0.6 is 0 Å². The molecular formula is C20H24N2O5S. The number of methoxy groups -OCH3 is 1. The van der Waals surface area contributed by atoms with Gasteiger partial charge in [0.1, 0.15) is 11.5 Å². The first-order valence-electron chi connectivity index (χ1n) is 9.06. The quantitative estimate of drug-likeness (QED) is 0.800. The number of amides is 1. The zero-order valence-electron chi connectivity index (χ0n) is 16.1. The molecule has 28 heavy (non-hydrogen) atoms. The van der Waals surface area contributed by atoms with Crippen LogP contribution in [0.15, 0.2) is 48.5 Å². The average molecular weight is 404 g/mol. The topological polar surface area (TPSA) is 84.9 Å². The van der Waals surface area contributed by atoms with Crippen LogP contribution in [-0.2, 0) is 14.8 Å². The summed E-state index contributed by atoms with van der Waals surface area (Å²) >= 11 is 0. The van der Waals surface area contributed by atoms with Crippen molar-refractivity contribution in [1.29, 1.82) is 0 Å². The number of anilines is 1. The lowest BCUT2D eigenvalue weighted by Gasteiger charge is -2.35. The molecule has 2 atom stereocenters. The van der Waals surface area contributed by atoms with Crippen LogP contribution in [0.1, 0.15) is 25.5 Å². The number of benzene rings is 2. The maximum atomic E-state index is 12.8. The summed E-state index contributed by atoms with van der Waals surface area (Å²) in [6.45, 7) is 3.37. The molecule has 1 heterocycles. The van der Waals surface area contributed by atoms with E-state index in [9.17, 15) is 13.2 Å². The van der Waals surface area contributed by atoms with Gasteiger partial charge >= 0.3 is 0 Å². The van der Waals surface area contributed by atoms with Crippen molar-refractivity contribution in [2.75, 3.05) is 23.7 Å². The first-order chi connectivity index (χ1) is 13.4. The van der Waals surface area contributed by atoms with E-state index in [-0.39, 0.29) is 24.2 Å². The van der Waals surface area contributed by atoms with Crippen LogP contribution in [0.25, 0.3) is 0 Å². The lowest BCUT2D eigenvalue weighted by molar-refractivity contribution is -0.128. The first-order valence-corrected chi connectivity index (χ1v) is 10.7. The summed E-state index contributed by atoms with van der Waals surface area (Å²) in [5, 5.41) is 2.90. The summed E-state index contributed by atoms with van der Waals surface area (Å²) in [6, 6.07) is 13.9. The number of ether oxygens (including phenoxy) is 2. The minimum atomic E-state index is -3.53. The Bertz CT molecular complexity index is 943. The molecule has 0 spiro atoms. The molecule has 0 aliphatic carbocycles. The number of hydrogen-bond donors (Lipinski definition) is 1. The number of nitrogens with zero attached hydrogens (tertiary/aromatic N) is 1. The third-order valence-corrected chi connectivity index (χ3v) is 6.45. The number of rotatable bonds is 6. The van der Waals surface area contributed by atoms with Gasteiger partial charge in [-0.1, -0.05) is 24.3 Å². The van der Waals surface area contributed by atoms with Crippen LogP contribution in [0.5, 0.6) is 11.5 Å². The van der Waals surface area contributed by atoms with E-state index in [2.05, 4.69) is 5.32 Å². The Morgan fingerprint density at radius 1 is 1.25 bits per heavy atom. The summed E-state index contributed by atoms with van der Waals surface area (Å²) in [5.41, 5.74) is 1.36. The Hall–Kier alpha value is -2.74. The minimum Gasteiger partial charge on any atom is -0.497 e. The molecule has 0 saturated carbocycles. The van der Waals surface area contributed by atoms with Crippen LogP contribution in [0.4, 0.5) is 5.69 Å². The molecule has 1 amide bonds. The highest BCUT2D eigenvalue weighted by atomic mass is 32.2. The number of sulfonamides is 1. The van der Waals surface area contributed by atoms with Gasteiger partial charge in [0.05, 0.1) is 31.1 Å². The van der Waals surface area contributed by atoms with Gasteiger partial charge in [0.2, 0.25) is 10.0 Å². The van der Waals surface area contributed by atoms with Crippen molar-refractivity contribution >= 4 is 21.6 Å². The van der Waals surface area contributed by atoms with Gasteiger partial charge in [0.15, 0.2) is 6.10 Å². The highest BCUT2D eigenvalue weighted by molar-refractivity contribution is 7.92. The van der Waals surface area contributed by atoms with Crippen molar-refractivity contribution in [3.8, 4) is 11.5 Å². The normalized spacial score (nSPS) is 17.2. The average Bonchev–Trinajstić information content (AvgIpc) is 2.72. The minimum absolute atomic E-state index is 0.0576. The fourth-order valence-corrected chi connectivity index (χ4v) is 4.16. The summed E-state index contributed by atoms with van der Waals surface area (Å²) in [7, 11) is -1.94. The second-order valence-corrected chi connectivity index (χ2v) is 8.69. The zero-order chi connectivity index (χ0) is 20.3. The van der Waals surface area contributed by atoms with Crippen LogP contribution in [0.3, 0.4) is 0 Å². The van der Waals surface area contributed by atoms with E-state index in [0.717, 1.165) is 11.3 Å². The second kappa shape index (κ2) is 8.10. The van der Waals surface area contributed by atoms with E-state index in [1.807, 2.05) is 31.2 Å². The molecule has 1 aliphatic heterocycles. The Morgan fingerprint density at radius 2 is 1.93 bits per heavy atom. The third-order valence-electron chi connectivity index (χ3n) is 4.70. The summed E-state index contributed by atoms with van der Waals surface area (Å²) < 4.78 is 37.2. The Balaban J connectivity index is 1.78. The zero-order valence-corrected chi connectivity index (χ0v) is 16.9. The highest BCUT2D eigenvalue weighted by Crippen LogP contribution is 2.35. The van der Waals surface area contributed by atoms with Crippen molar-refractivity contribution in [2.45, 2.75) is 26.0 Å². The molecule has 8 heteroatoms. The van der Waals surface area contributed by atoms with Crippen molar-refractivity contribution in [3.05, 3.63) is 54.1 Å². The van der Waals surface area contributed by atoms with Gasteiger partial charge in [0, 0.05) is 0 Å². The van der Waals surface area contributed by atoms with Gasteiger partial charge in [-0.3, -0.25) is 9.10 Å². The van der Waals surface area contributed by atoms with Gasteiger partial charge in [0.25, 0.3) is 5.91 Å². The largest absolute Gasteiger partial charge is 0.497 e. The standard InChI is InChI=1S/C20H24N2O5S/c1-4-28(24,25)22-13-19(27-18-8-6-5-7-17(18)22)20(23)21-14(2)15-9-11-16(26-3)12-10-15/h5-12,14,19H,4,13H2,1-3H3,(H,21,23)/t14-,19+/m1/s1. The third kappa shape index (κ3) is 4.06. The van der Waals surface area contributed by atoms with E-state index in [1.54, 1.807) is 38.3 Å². The predicted molar refractivity (Wildman–Crippen MR) is 107 cm³/mol. The summed E-state index contributed by atoms with van der Waals surface area (Å²) in [6.07, 6.45) is -0.933. The molecule has 7 nitrogen and oxygen atoms in total. The summed E-state index contributed by atoms with van der Waals surface area (Å²) in [4.78, 5) is 12.8. The maximum absolute atomic E-state index is 12.8. The first kappa shape index (κ1) is 20.0. The second-order valence-electron chi connectivity index (χ2n) is 6.51. The van der Waals surface area contributed by atoms with E-state index in [4.69, 9.17) is 9.47 Å². The predicted octanol–water partition coefficient (Wildman–Crippen LogP) is 2.49. The molecular weight excluding hydrogens is 380 g/mol. The van der Waals surface area contributed by atoms with Gasteiger partial charge in [-0.25, -0.2) is 8.42 Å². The van der Waals surface area contributed by atoms with Gasteiger partial charge in [-0.05, 0) is 43.7 Å². The van der Waals surface area contributed by atoms with Crippen LogP contribution in [0.2, 0.25) is 0 Å². The lowest BCUT2D eigenvalue weighted by atomic mass is 10.1. The molecule has 0 fully saturated rings. The van der Waals surface area contributed by atoms with Crippen molar-refractivity contribution in [3.63, 3.8) is 0 Å². The van der Waals surface area contributed by atoms with E-state index in [1.165, 1.54) is 4.31 Å². The number of carbonyl (C=O) groups excluding carboxylic acids is 1. The fraction of sp³-hybridized carbons (Fsp3) is 0.350. The molecule has 1 aliphatic rings. The van der Waals surface area contributed by atoms with Gasteiger partial charge in [-0.2, -0.15) is 0 Å². The fourth-order valence-electron chi connectivity index (χ4n) is 3.04. The molecule has 0 unspecified atom stereocenters. The highest BCUT2D eigenvalue weighted by Gasteiger charge is 2.36. The van der Waals surface area contributed by atoms with Crippen LogP contribution < -0.4 is 19.1 Å². The van der Waals surface area contributed by atoms with Crippen molar-refractivity contribution in [2.24, 2.45) is 0 Å². The molecule has 0 aromatic heterocycles. The van der Waals surface area contributed by atoms with Crippen LogP contribution in [-0.4, -0.2) is 39.8 Å². The maximum Gasteiger partial charge on any atom is 0.263 e. The molecule has 2 aromatic carbocycles. The Morgan fingerprint density at radius 3 is 2.57 bits per heavy atom. The van der Waals surface area contributed by atoms with Crippen molar-refractivity contribution < 1.29 is 22.7 Å². The molecule has 0 saturated heterocycles. The molecule has 3 rings (SSSR count). The molecule has 0 bridgehead atoms. The molecule has 0 radical (unpaired) electrons. The number of nitrogens with one attached hydrogen (secondary N) is 1. The SMILES string of the molecule is CCS(=O)(=O)N1C[C@@H](C(=O)N[C@H](C)c2ccc(OC)cc2)Oc2ccccc21. The lowest BCUT2D eigenvalue weighted by Crippen LogP contribution is -2.51. The van der Waals surface area contributed by atoms with E-state index < -0.39 is 16.1 Å². The smallest absolute Gasteiger partial charge is 0.263 e. The van der Waals surface area contributed by atoms with Crippen molar-refractivity contribution in [1.82, 2.24) is 5.32 Å². The van der Waals surface area contributed by atoms with Gasteiger partial charge < -0.3 is 14.8 Å². The Kier molecular flexibility index (Phi) is 5.79. The number of carbonyl (C=O) groups is 1. The molecule has 1 N–H and O–H groups in total. The van der Waals surface area contributed by atoms with Crippen LogP contribution in [0, 0.1) is 0 Å².